The van der Waals surface area contributed by atoms with Crippen LogP contribution in [0.5, 0.6) is 11.5 Å². The largest absolute Gasteiger partial charge is 0.485 e. The third-order valence-electron chi connectivity index (χ3n) is 3.64. The molecule has 0 fully saturated rings. The predicted octanol–water partition coefficient (Wildman–Crippen LogP) is 1.04. The van der Waals surface area contributed by atoms with Gasteiger partial charge in [-0.15, -0.1) is 11.3 Å². The number of nitrogens with one attached hydrogen (secondary N) is 1. The molecule has 3 atom stereocenters. The number of hydrogen-bond donors (Lipinski definition) is 4. The zero-order valence-corrected chi connectivity index (χ0v) is 14.9. The highest BCUT2D eigenvalue weighted by atomic mass is 32.1. The zero-order valence-electron chi connectivity index (χ0n) is 13.2. The fraction of sp³-hybridized carbons (Fsp3) is 0.375. The fourth-order valence-corrected chi connectivity index (χ4v) is 3.28. The lowest BCUT2D eigenvalue weighted by Crippen LogP contribution is -2.39. The van der Waals surface area contributed by atoms with E-state index in [0.29, 0.717) is 23.1 Å². The lowest BCUT2D eigenvalue weighted by Gasteiger charge is -2.24. The van der Waals surface area contributed by atoms with Crippen LogP contribution in [0.2, 0.25) is 0 Å². The van der Waals surface area contributed by atoms with Crippen molar-refractivity contribution in [2.75, 3.05) is 18.9 Å². The molecule has 2 heterocycles. The number of amides is 1. The second-order valence-electron chi connectivity index (χ2n) is 5.46. The van der Waals surface area contributed by atoms with Crippen molar-refractivity contribution in [3.8, 4) is 11.5 Å². The summed E-state index contributed by atoms with van der Waals surface area (Å²) >= 11 is 5.20. The van der Waals surface area contributed by atoms with Crippen LogP contribution in [0.15, 0.2) is 29.6 Å². The highest BCUT2D eigenvalue weighted by Gasteiger charge is 2.26. The van der Waals surface area contributed by atoms with Crippen molar-refractivity contribution < 1.29 is 24.5 Å². The van der Waals surface area contributed by atoms with Crippen molar-refractivity contribution in [2.24, 2.45) is 0 Å². The van der Waals surface area contributed by atoms with Crippen molar-refractivity contribution >= 4 is 29.9 Å². The number of carbonyl (C=O) groups is 1. The maximum Gasteiger partial charge on any atom is 0.270 e. The molecule has 25 heavy (non-hydrogen) atoms. The number of thiazole rings is 1. The number of hydrogen-bond acceptors (Lipinski definition) is 8. The van der Waals surface area contributed by atoms with Crippen LogP contribution < -0.4 is 14.8 Å². The Kier molecular flexibility index (Phi) is 5.79. The monoisotopic (exact) mass is 382 g/mol. The van der Waals surface area contributed by atoms with Gasteiger partial charge in [-0.25, -0.2) is 4.98 Å². The zero-order chi connectivity index (χ0) is 17.8. The summed E-state index contributed by atoms with van der Waals surface area (Å²) in [4.78, 5) is 16.4. The molecule has 9 heteroatoms. The molecule has 0 radical (unpaired) electrons. The number of nitrogens with zero attached hydrogens (tertiary/aromatic N) is 1. The summed E-state index contributed by atoms with van der Waals surface area (Å²) in [6, 6.07) is 7.37. The summed E-state index contributed by atoms with van der Waals surface area (Å²) in [5, 5.41) is 23.9. The first-order chi connectivity index (χ1) is 12.1. The molecule has 7 nitrogen and oxygen atoms in total. The minimum atomic E-state index is -1.08. The second-order valence-corrected chi connectivity index (χ2v) is 6.72. The summed E-state index contributed by atoms with van der Waals surface area (Å²) in [5.74, 6) is 1.01. The normalized spacial score (nSPS) is 18.4. The Balaban J connectivity index is 1.60. The van der Waals surface area contributed by atoms with Gasteiger partial charge in [-0.2, -0.15) is 12.6 Å². The Morgan fingerprint density at radius 2 is 2.12 bits per heavy atom. The van der Waals surface area contributed by atoms with Crippen LogP contribution in [0.1, 0.15) is 21.6 Å². The molecular weight excluding hydrogens is 364 g/mol. The molecule has 3 N–H and O–H groups in total. The van der Waals surface area contributed by atoms with Crippen molar-refractivity contribution in [1.82, 2.24) is 10.3 Å². The van der Waals surface area contributed by atoms with Crippen molar-refractivity contribution in [1.29, 1.82) is 0 Å². The van der Waals surface area contributed by atoms with Gasteiger partial charge in [-0.1, -0.05) is 12.1 Å². The Bertz CT molecular complexity index is 739. The quantitative estimate of drug-likeness (QED) is 0.557. The number of aromatic nitrogens is 1. The molecule has 1 aromatic heterocycles. The topological polar surface area (TPSA) is 101 Å². The smallest absolute Gasteiger partial charge is 0.270 e. The van der Waals surface area contributed by atoms with Crippen LogP contribution in [0.4, 0.5) is 0 Å². The SMILES string of the molecule is O=C(NCC(O)C(O)CS)c1csc(C2COc3ccccc3O2)n1. The number of ether oxygens (including phenoxy) is 2. The average Bonchev–Trinajstić information content (AvgIpc) is 3.15. The summed E-state index contributed by atoms with van der Waals surface area (Å²) in [7, 11) is 0. The first-order valence-electron chi connectivity index (χ1n) is 7.67. The Morgan fingerprint density at radius 3 is 2.88 bits per heavy atom. The van der Waals surface area contributed by atoms with E-state index < -0.39 is 18.1 Å². The lowest BCUT2D eigenvalue weighted by molar-refractivity contribution is 0.0343. The van der Waals surface area contributed by atoms with Gasteiger partial charge in [0.05, 0.1) is 12.2 Å². The second kappa shape index (κ2) is 8.05. The predicted molar refractivity (Wildman–Crippen MR) is 95.6 cm³/mol. The van der Waals surface area contributed by atoms with Crippen LogP contribution in [-0.2, 0) is 0 Å². The van der Waals surface area contributed by atoms with Gasteiger partial charge in [0.1, 0.15) is 17.3 Å². The van der Waals surface area contributed by atoms with Crippen molar-refractivity contribution in [2.45, 2.75) is 18.3 Å². The molecular formula is C16H18N2O5S2. The number of rotatable bonds is 6. The van der Waals surface area contributed by atoms with Gasteiger partial charge in [-0.05, 0) is 12.1 Å². The van der Waals surface area contributed by atoms with E-state index in [4.69, 9.17) is 9.47 Å². The molecule has 134 valence electrons. The van der Waals surface area contributed by atoms with E-state index in [2.05, 4.69) is 22.9 Å². The minimum absolute atomic E-state index is 0.0795. The molecule has 0 aliphatic carbocycles. The standard InChI is InChI=1S/C16H18N2O5S2/c19-10(11(20)7-24)5-17-15(21)9-8-25-16(18-9)14-6-22-12-3-1-2-4-13(12)23-14/h1-4,8,10-11,14,19-20,24H,5-7H2,(H,17,21). The minimum Gasteiger partial charge on any atom is -0.485 e. The van der Waals surface area contributed by atoms with Crippen LogP contribution in [0.25, 0.3) is 0 Å². The van der Waals surface area contributed by atoms with Crippen molar-refractivity contribution in [3.05, 3.63) is 40.3 Å². The number of thiol groups is 1. The maximum absolute atomic E-state index is 12.1. The summed E-state index contributed by atoms with van der Waals surface area (Å²) in [6.45, 7) is 0.238. The molecule has 0 bridgehead atoms. The Morgan fingerprint density at radius 1 is 1.36 bits per heavy atom. The fourth-order valence-electron chi connectivity index (χ4n) is 2.23. The molecule has 0 saturated carbocycles. The van der Waals surface area contributed by atoms with Crippen molar-refractivity contribution in [3.63, 3.8) is 0 Å². The average molecular weight is 382 g/mol. The number of aliphatic hydroxyl groups is 2. The number of para-hydroxylation sites is 2. The summed E-state index contributed by atoms with van der Waals surface area (Å²) < 4.78 is 11.5. The first kappa shape index (κ1) is 18.0. The number of carbonyl (C=O) groups excluding carboxylic acids is 1. The molecule has 1 aromatic carbocycles. The molecule has 1 aliphatic rings. The molecule has 1 aliphatic heterocycles. The van der Waals surface area contributed by atoms with Crippen LogP contribution in [0, 0.1) is 0 Å². The Labute approximate surface area is 154 Å². The van der Waals surface area contributed by atoms with Gasteiger partial charge < -0.3 is 25.0 Å². The van der Waals surface area contributed by atoms with Gasteiger partial charge >= 0.3 is 0 Å². The summed E-state index contributed by atoms with van der Waals surface area (Å²) in [6.07, 6.45) is -2.45. The van der Waals surface area contributed by atoms with Crippen LogP contribution >= 0.6 is 24.0 Å². The molecule has 2 aromatic rings. The highest BCUT2D eigenvalue weighted by molar-refractivity contribution is 7.80. The van der Waals surface area contributed by atoms with E-state index in [9.17, 15) is 15.0 Å². The van der Waals surface area contributed by atoms with Crippen LogP contribution in [-0.4, -0.2) is 52.2 Å². The third kappa shape index (κ3) is 4.24. The molecule has 3 rings (SSSR count). The van der Waals surface area contributed by atoms with E-state index in [1.165, 1.54) is 11.3 Å². The number of aliphatic hydroxyl groups excluding tert-OH is 2. The first-order valence-corrected chi connectivity index (χ1v) is 9.18. The highest BCUT2D eigenvalue weighted by Crippen LogP contribution is 2.36. The molecule has 0 saturated heterocycles. The van der Waals surface area contributed by atoms with Gasteiger partial charge in [0.2, 0.25) is 0 Å². The molecule has 0 spiro atoms. The maximum atomic E-state index is 12.1. The van der Waals surface area contributed by atoms with E-state index in [1.54, 1.807) is 5.38 Å². The number of benzene rings is 1. The van der Waals surface area contributed by atoms with E-state index >= 15 is 0 Å². The van der Waals surface area contributed by atoms with Gasteiger partial charge in [-0.3, -0.25) is 4.79 Å². The van der Waals surface area contributed by atoms with Gasteiger partial charge in [0.25, 0.3) is 5.91 Å². The van der Waals surface area contributed by atoms with Gasteiger partial charge in [0.15, 0.2) is 17.6 Å². The third-order valence-corrected chi connectivity index (χ3v) is 4.95. The van der Waals surface area contributed by atoms with E-state index in [0.717, 1.165) is 0 Å². The molecule has 1 amide bonds. The lowest BCUT2D eigenvalue weighted by atomic mass is 10.2. The van der Waals surface area contributed by atoms with E-state index in [1.807, 2.05) is 24.3 Å². The molecule has 3 unspecified atom stereocenters. The van der Waals surface area contributed by atoms with Gasteiger partial charge in [0, 0.05) is 17.7 Å². The van der Waals surface area contributed by atoms with E-state index in [-0.39, 0.29) is 24.1 Å². The Hall–Kier alpha value is -1.81. The van der Waals surface area contributed by atoms with Crippen LogP contribution in [0.3, 0.4) is 0 Å². The summed E-state index contributed by atoms with van der Waals surface area (Å²) in [5.41, 5.74) is 0.232. The number of fused-ring (bicyclic) bond motifs is 1.